The van der Waals surface area contributed by atoms with Crippen molar-refractivity contribution < 1.29 is 17.9 Å². The molecule has 2 aromatic carbocycles. The standard InChI is InChI=1S/C28H35N5O4S/c1-5-22(3)33(38(35,36)25-11-9-21(2)10-12-25)20-28(34)32-17-15-31(16-18-32)27-14-13-26(29-30-27)23-7-6-8-24(19-23)37-4/h6-14,19,22H,5,15-18,20H2,1-4H3/t22-/m0/s1. The van der Waals surface area contributed by atoms with Crippen LogP contribution < -0.4 is 9.64 Å². The molecule has 1 amide bonds. The van der Waals surface area contributed by atoms with Gasteiger partial charge in [-0.2, -0.15) is 4.31 Å². The average molecular weight is 538 g/mol. The predicted octanol–water partition coefficient (Wildman–Crippen LogP) is 3.60. The molecule has 0 spiro atoms. The lowest BCUT2D eigenvalue weighted by atomic mass is 10.1. The largest absolute Gasteiger partial charge is 0.497 e. The van der Waals surface area contributed by atoms with E-state index in [4.69, 9.17) is 4.74 Å². The predicted molar refractivity (Wildman–Crippen MR) is 148 cm³/mol. The van der Waals surface area contributed by atoms with Gasteiger partial charge in [0.25, 0.3) is 0 Å². The second-order valence-corrected chi connectivity index (χ2v) is 11.4. The van der Waals surface area contributed by atoms with Gasteiger partial charge in [-0.3, -0.25) is 4.79 Å². The molecule has 1 saturated heterocycles. The molecular formula is C28H35N5O4S. The van der Waals surface area contributed by atoms with Crippen LogP contribution in [0, 0.1) is 6.92 Å². The van der Waals surface area contributed by atoms with Crippen molar-refractivity contribution in [1.82, 2.24) is 19.4 Å². The summed E-state index contributed by atoms with van der Waals surface area (Å²) in [5, 5.41) is 8.78. The number of carbonyl (C=O) groups is 1. The number of carbonyl (C=O) groups excluding carboxylic acids is 1. The van der Waals surface area contributed by atoms with Crippen molar-refractivity contribution in [3.63, 3.8) is 0 Å². The summed E-state index contributed by atoms with van der Waals surface area (Å²) in [5.41, 5.74) is 2.65. The highest BCUT2D eigenvalue weighted by molar-refractivity contribution is 7.89. The first-order valence-electron chi connectivity index (χ1n) is 12.8. The van der Waals surface area contributed by atoms with E-state index in [2.05, 4.69) is 15.1 Å². The molecular weight excluding hydrogens is 502 g/mol. The van der Waals surface area contributed by atoms with Gasteiger partial charge in [0.2, 0.25) is 15.9 Å². The fourth-order valence-electron chi connectivity index (χ4n) is 4.38. The molecule has 0 N–H and O–H groups in total. The number of methoxy groups -OCH3 is 1. The third-order valence-electron chi connectivity index (χ3n) is 6.97. The minimum Gasteiger partial charge on any atom is -0.497 e. The zero-order chi connectivity index (χ0) is 27.3. The number of ether oxygens (including phenoxy) is 1. The molecule has 0 radical (unpaired) electrons. The van der Waals surface area contributed by atoms with Crippen LogP contribution in [-0.2, 0) is 14.8 Å². The Labute approximate surface area is 225 Å². The van der Waals surface area contributed by atoms with Gasteiger partial charge in [0.15, 0.2) is 5.82 Å². The molecule has 0 aliphatic carbocycles. The van der Waals surface area contributed by atoms with E-state index in [-0.39, 0.29) is 23.4 Å². The maximum absolute atomic E-state index is 13.4. The summed E-state index contributed by atoms with van der Waals surface area (Å²) in [4.78, 5) is 17.2. The number of amides is 1. The molecule has 38 heavy (non-hydrogen) atoms. The highest BCUT2D eigenvalue weighted by atomic mass is 32.2. The van der Waals surface area contributed by atoms with Crippen LogP contribution in [0.15, 0.2) is 65.6 Å². The Hall–Kier alpha value is -3.50. The van der Waals surface area contributed by atoms with Crippen molar-refractivity contribution in [1.29, 1.82) is 0 Å². The molecule has 0 saturated carbocycles. The third kappa shape index (κ3) is 6.14. The molecule has 9 nitrogen and oxygen atoms in total. The Bertz CT molecular complexity index is 1340. The van der Waals surface area contributed by atoms with Crippen molar-refractivity contribution in [3.8, 4) is 17.0 Å². The number of rotatable bonds is 9. The van der Waals surface area contributed by atoms with Crippen LogP contribution in [-0.4, -0.2) is 79.6 Å². The van der Waals surface area contributed by atoms with E-state index in [1.807, 2.05) is 57.2 Å². The van der Waals surface area contributed by atoms with E-state index in [1.165, 1.54) is 4.31 Å². The number of piperazine rings is 1. The number of hydrogen-bond donors (Lipinski definition) is 0. The summed E-state index contributed by atoms with van der Waals surface area (Å²) in [6.45, 7) is 7.64. The van der Waals surface area contributed by atoms with E-state index >= 15 is 0 Å². The minimum atomic E-state index is -3.80. The monoisotopic (exact) mass is 537 g/mol. The lowest BCUT2D eigenvalue weighted by Gasteiger charge is -2.36. The number of anilines is 1. The molecule has 3 aromatic rings. The van der Waals surface area contributed by atoms with Crippen LogP contribution >= 0.6 is 0 Å². The van der Waals surface area contributed by atoms with Gasteiger partial charge in [-0.1, -0.05) is 36.8 Å². The zero-order valence-electron chi connectivity index (χ0n) is 22.4. The molecule has 1 atom stereocenters. The maximum atomic E-state index is 13.4. The SMILES string of the molecule is CC[C@H](C)N(CC(=O)N1CCN(c2ccc(-c3cccc(OC)c3)nn2)CC1)S(=O)(=O)c1ccc(C)cc1. The highest BCUT2D eigenvalue weighted by Gasteiger charge is 2.32. The van der Waals surface area contributed by atoms with E-state index in [1.54, 1.807) is 36.3 Å². The molecule has 1 fully saturated rings. The summed E-state index contributed by atoms with van der Waals surface area (Å²) >= 11 is 0. The molecule has 0 unspecified atom stereocenters. The van der Waals surface area contributed by atoms with Gasteiger partial charge < -0.3 is 14.5 Å². The zero-order valence-corrected chi connectivity index (χ0v) is 23.2. The van der Waals surface area contributed by atoms with Crippen molar-refractivity contribution in [2.45, 2.75) is 38.1 Å². The van der Waals surface area contributed by atoms with Crippen molar-refractivity contribution >= 4 is 21.7 Å². The van der Waals surface area contributed by atoms with Gasteiger partial charge in [0, 0.05) is 37.8 Å². The van der Waals surface area contributed by atoms with Crippen molar-refractivity contribution in [3.05, 3.63) is 66.2 Å². The summed E-state index contributed by atoms with van der Waals surface area (Å²) in [5.74, 6) is 1.31. The van der Waals surface area contributed by atoms with Crippen molar-refractivity contribution in [2.24, 2.45) is 0 Å². The molecule has 10 heteroatoms. The Morgan fingerprint density at radius 3 is 2.34 bits per heavy atom. The fourth-order valence-corrected chi connectivity index (χ4v) is 6.03. The van der Waals surface area contributed by atoms with Crippen LogP contribution in [0.1, 0.15) is 25.8 Å². The van der Waals surface area contributed by atoms with E-state index in [0.717, 1.165) is 28.4 Å². The summed E-state index contributed by atoms with van der Waals surface area (Å²) in [6.07, 6.45) is 0.608. The number of aromatic nitrogens is 2. The van der Waals surface area contributed by atoms with Gasteiger partial charge in [-0.15, -0.1) is 10.2 Å². The van der Waals surface area contributed by atoms with E-state index in [9.17, 15) is 13.2 Å². The Balaban J connectivity index is 1.39. The summed E-state index contributed by atoms with van der Waals surface area (Å²) in [6, 6.07) is 18.0. The first-order valence-corrected chi connectivity index (χ1v) is 14.3. The number of hydrogen-bond acceptors (Lipinski definition) is 7. The van der Waals surface area contributed by atoms with Crippen LogP contribution in [0.5, 0.6) is 5.75 Å². The Morgan fingerprint density at radius 2 is 1.74 bits per heavy atom. The van der Waals surface area contributed by atoms with Crippen LogP contribution in [0.2, 0.25) is 0 Å². The number of aryl methyl sites for hydroxylation is 1. The van der Waals surface area contributed by atoms with Gasteiger partial charge >= 0.3 is 0 Å². The molecule has 1 aliphatic heterocycles. The quantitative estimate of drug-likeness (QED) is 0.412. The molecule has 4 rings (SSSR count). The smallest absolute Gasteiger partial charge is 0.243 e. The first-order chi connectivity index (χ1) is 18.2. The minimum absolute atomic E-state index is 0.180. The van der Waals surface area contributed by atoms with Crippen LogP contribution in [0.3, 0.4) is 0 Å². The molecule has 0 bridgehead atoms. The van der Waals surface area contributed by atoms with Gasteiger partial charge in [-0.25, -0.2) is 8.42 Å². The van der Waals surface area contributed by atoms with Crippen LogP contribution in [0.25, 0.3) is 11.3 Å². The second kappa shape index (κ2) is 11.9. The lowest BCUT2D eigenvalue weighted by molar-refractivity contribution is -0.132. The number of sulfonamides is 1. The van der Waals surface area contributed by atoms with Crippen LogP contribution in [0.4, 0.5) is 5.82 Å². The summed E-state index contributed by atoms with van der Waals surface area (Å²) < 4.78 is 33.4. The number of nitrogens with zero attached hydrogens (tertiary/aromatic N) is 5. The second-order valence-electron chi connectivity index (χ2n) is 9.50. The molecule has 2 heterocycles. The van der Waals surface area contributed by atoms with E-state index in [0.29, 0.717) is 32.6 Å². The van der Waals surface area contributed by atoms with Crippen molar-refractivity contribution in [2.75, 3.05) is 44.7 Å². The highest BCUT2D eigenvalue weighted by Crippen LogP contribution is 2.24. The normalized spacial score (nSPS) is 15.0. The average Bonchev–Trinajstić information content (AvgIpc) is 2.95. The topological polar surface area (TPSA) is 95.9 Å². The first kappa shape index (κ1) is 27.5. The summed E-state index contributed by atoms with van der Waals surface area (Å²) in [7, 11) is -2.17. The number of benzene rings is 2. The molecule has 1 aromatic heterocycles. The van der Waals surface area contributed by atoms with Gasteiger partial charge in [0.1, 0.15) is 5.75 Å². The fraction of sp³-hybridized carbons (Fsp3) is 0.393. The molecule has 202 valence electrons. The third-order valence-corrected chi connectivity index (χ3v) is 8.95. The lowest BCUT2D eigenvalue weighted by Crippen LogP contribution is -2.53. The maximum Gasteiger partial charge on any atom is 0.243 e. The Morgan fingerprint density at radius 1 is 1.03 bits per heavy atom. The Kier molecular flexibility index (Phi) is 8.63. The van der Waals surface area contributed by atoms with Gasteiger partial charge in [-0.05, 0) is 56.7 Å². The van der Waals surface area contributed by atoms with E-state index < -0.39 is 10.0 Å². The van der Waals surface area contributed by atoms with Gasteiger partial charge in [0.05, 0.1) is 24.2 Å². The molecule has 1 aliphatic rings.